The molecular formula is C3H6N2O. The van der Waals surface area contributed by atoms with Crippen LogP contribution in [0, 0.1) is 0 Å². The zero-order chi connectivity index (χ0) is 4.83. The van der Waals surface area contributed by atoms with E-state index >= 15 is 0 Å². The Hall–Kier alpha value is -0.860. The van der Waals surface area contributed by atoms with Gasteiger partial charge in [0.05, 0.1) is 12.9 Å². The van der Waals surface area contributed by atoms with Gasteiger partial charge in [-0.2, -0.15) is 0 Å². The molecule has 0 aromatic rings. The van der Waals surface area contributed by atoms with Crippen LogP contribution in [-0.4, -0.2) is 19.2 Å². The molecule has 0 aliphatic carbocycles. The number of aldehydes is 1. The highest BCUT2D eigenvalue weighted by Gasteiger charge is 1.62. The minimum absolute atomic E-state index is 0.177. The molecule has 0 aromatic carbocycles. The molecule has 3 nitrogen and oxygen atoms in total. The highest BCUT2D eigenvalue weighted by atomic mass is 16.1. The molecule has 0 amide bonds. The fourth-order valence-corrected chi connectivity index (χ4v) is 0.104. The Kier molecular flexibility index (Phi) is 3.55. The smallest absolute Gasteiger partial charge is 0.141 e. The van der Waals surface area contributed by atoms with Crippen LogP contribution in [0.1, 0.15) is 0 Å². The molecule has 2 N–H and O–H groups in total. The summed E-state index contributed by atoms with van der Waals surface area (Å²) in [7, 11) is 0. The molecule has 0 unspecified atom stereocenters. The second kappa shape index (κ2) is 4.14. The minimum Gasteiger partial charge on any atom is -0.390 e. The van der Waals surface area contributed by atoms with Crippen LogP contribution in [0.15, 0.2) is 4.99 Å². The monoisotopic (exact) mass is 86.0 g/mol. The lowest BCUT2D eigenvalue weighted by molar-refractivity contribution is -0.106. The van der Waals surface area contributed by atoms with E-state index in [1.54, 1.807) is 0 Å². The van der Waals surface area contributed by atoms with Crippen LogP contribution in [0.5, 0.6) is 0 Å². The first-order valence-corrected chi connectivity index (χ1v) is 1.55. The Bertz CT molecular complexity index is 59.8. The van der Waals surface area contributed by atoms with Gasteiger partial charge in [0.25, 0.3) is 0 Å². The minimum atomic E-state index is 0.177. The zero-order valence-corrected chi connectivity index (χ0v) is 3.29. The lowest BCUT2D eigenvalue weighted by Gasteiger charge is -1.68. The molecule has 0 atom stereocenters. The maximum Gasteiger partial charge on any atom is 0.141 e. The van der Waals surface area contributed by atoms with Crippen LogP contribution in [0.3, 0.4) is 0 Å². The maximum atomic E-state index is 9.39. The third-order valence-corrected chi connectivity index (χ3v) is 0.285. The van der Waals surface area contributed by atoms with Crippen molar-refractivity contribution in [3.8, 4) is 0 Å². The Labute approximate surface area is 35.9 Å². The second-order valence-corrected chi connectivity index (χ2v) is 0.681. The summed E-state index contributed by atoms with van der Waals surface area (Å²) in [4.78, 5) is 12.8. The van der Waals surface area contributed by atoms with Gasteiger partial charge in [0.1, 0.15) is 6.29 Å². The van der Waals surface area contributed by atoms with Crippen molar-refractivity contribution in [3.63, 3.8) is 0 Å². The van der Waals surface area contributed by atoms with Gasteiger partial charge >= 0.3 is 0 Å². The van der Waals surface area contributed by atoms with E-state index in [-0.39, 0.29) is 6.54 Å². The molecule has 34 valence electrons. The normalized spacial score (nSPS) is 9.33. The topological polar surface area (TPSA) is 55.4 Å². The van der Waals surface area contributed by atoms with Crippen molar-refractivity contribution in [2.75, 3.05) is 6.54 Å². The van der Waals surface area contributed by atoms with E-state index in [0.717, 1.165) is 6.34 Å². The molecule has 0 aliphatic rings. The summed E-state index contributed by atoms with van der Waals surface area (Å²) >= 11 is 0. The van der Waals surface area contributed by atoms with Crippen molar-refractivity contribution >= 4 is 12.6 Å². The number of carbonyl (C=O) groups excluding carboxylic acids is 1. The fraction of sp³-hybridized carbons (Fsp3) is 0.333. The highest BCUT2D eigenvalue weighted by molar-refractivity contribution is 5.58. The van der Waals surface area contributed by atoms with Crippen LogP contribution in [0.25, 0.3) is 0 Å². The molecule has 0 heterocycles. The van der Waals surface area contributed by atoms with E-state index < -0.39 is 0 Å². The number of hydrogen-bond donors (Lipinski definition) is 1. The first-order valence-electron chi connectivity index (χ1n) is 1.55. The predicted molar refractivity (Wildman–Crippen MR) is 23.6 cm³/mol. The van der Waals surface area contributed by atoms with Crippen LogP contribution in [0.2, 0.25) is 0 Å². The number of aliphatic imine (C=N–C) groups is 1. The summed E-state index contributed by atoms with van der Waals surface area (Å²) < 4.78 is 0. The van der Waals surface area contributed by atoms with Crippen molar-refractivity contribution in [1.29, 1.82) is 0 Å². The van der Waals surface area contributed by atoms with Gasteiger partial charge in [0.2, 0.25) is 0 Å². The Morgan fingerprint density at radius 1 is 1.83 bits per heavy atom. The van der Waals surface area contributed by atoms with Crippen molar-refractivity contribution in [2.45, 2.75) is 0 Å². The quantitative estimate of drug-likeness (QED) is 0.271. The van der Waals surface area contributed by atoms with Crippen LogP contribution >= 0.6 is 0 Å². The third-order valence-electron chi connectivity index (χ3n) is 0.285. The lowest BCUT2D eigenvalue weighted by Crippen LogP contribution is -1.90. The molecule has 0 rings (SSSR count). The average molecular weight is 86.1 g/mol. The molecule has 0 saturated carbocycles. The Balaban J connectivity index is 2.85. The van der Waals surface area contributed by atoms with E-state index in [2.05, 4.69) is 4.99 Å². The van der Waals surface area contributed by atoms with Gasteiger partial charge in [-0.3, -0.25) is 4.99 Å². The van der Waals surface area contributed by atoms with E-state index in [1.165, 1.54) is 0 Å². The number of nitrogens with two attached hydrogens (primary N) is 1. The summed E-state index contributed by atoms with van der Waals surface area (Å²) in [5, 5.41) is 0. The van der Waals surface area contributed by atoms with Gasteiger partial charge in [-0.15, -0.1) is 0 Å². The highest BCUT2D eigenvalue weighted by Crippen LogP contribution is 1.51. The molecule has 0 radical (unpaired) electrons. The molecule has 0 fully saturated rings. The maximum absolute atomic E-state index is 9.39. The van der Waals surface area contributed by atoms with E-state index in [1.807, 2.05) is 0 Å². The third kappa shape index (κ3) is 3.14. The second-order valence-electron chi connectivity index (χ2n) is 0.681. The molecule has 3 heteroatoms. The summed E-state index contributed by atoms with van der Waals surface area (Å²) in [5.41, 5.74) is 4.76. The lowest BCUT2D eigenvalue weighted by atomic mass is 10.8. The number of carbonyl (C=O) groups is 1. The Morgan fingerprint density at radius 2 is 2.50 bits per heavy atom. The molecule has 0 saturated heterocycles. The van der Waals surface area contributed by atoms with Gasteiger partial charge in [0.15, 0.2) is 0 Å². The van der Waals surface area contributed by atoms with E-state index in [9.17, 15) is 4.79 Å². The van der Waals surface area contributed by atoms with Crippen LogP contribution in [-0.2, 0) is 4.79 Å². The van der Waals surface area contributed by atoms with Crippen molar-refractivity contribution in [2.24, 2.45) is 10.7 Å². The summed E-state index contributed by atoms with van der Waals surface area (Å²) in [6, 6.07) is 0. The van der Waals surface area contributed by atoms with Gasteiger partial charge in [-0.1, -0.05) is 0 Å². The molecule has 0 aliphatic heterocycles. The summed E-state index contributed by atoms with van der Waals surface area (Å²) in [5.74, 6) is 0. The number of nitrogens with zero attached hydrogens (tertiary/aromatic N) is 1. The molecule has 0 spiro atoms. The first kappa shape index (κ1) is 5.14. The first-order chi connectivity index (χ1) is 2.91. The van der Waals surface area contributed by atoms with Gasteiger partial charge in [-0.05, 0) is 0 Å². The van der Waals surface area contributed by atoms with E-state index in [4.69, 9.17) is 5.73 Å². The van der Waals surface area contributed by atoms with Crippen molar-refractivity contribution < 1.29 is 4.79 Å². The standard InChI is InChI=1S/C3H6N2O/c4-3-5-1-2-6/h2-3H,1H2,(H2,4,5). The number of hydrogen-bond acceptors (Lipinski definition) is 2. The van der Waals surface area contributed by atoms with Crippen molar-refractivity contribution in [3.05, 3.63) is 0 Å². The fourth-order valence-electron chi connectivity index (χ4n) is 0.104. The average Bonchev–Trinajstić information content (AvgIpc) is 1.61. The van der Waals surface area contributed by atoms with Crippen molar-refractivity contribution in [1.82, 2.24) is 0 Å². The van der Waals surface area contributed by atoms with Gasteiger partial charge in [-0.25, -0.2) is 0 Å². The molecule has 6 heavy (non-hydrogen) atoms. The Morgan fingerprint density at radius 3 is 2.67 bits per heavy atom. The summed E-state index contributed by atoms with van der Waals surface area (Å²) in [6.07, 6.45) is 1.79. The summed E-state index contributed by atoms with van der Waals surface area (Å²) in [6.45, 7) is 0.177. The van der Waals surface area contributed by atoms with E-state index in [0.29, 0.717) is 6.29 Å². The molecular weight excluding hydrogens is 80.0 g/mol. The van der Waals surface area contributed by atoms with Gasteiger partial charge < -0.3 is 10.5 Å². The zero-order valence-electron chi connectivity index (χ0n) is 3.29. The largest absolute Gasteiger partial charge is 0.390 e. The predicted octanol–water partition coefficient (Wildman–Crippen LogP) is -0.828. The molecule has 0 bridgehead atoms. The van der Waals surface area contributed by atoms with Crippen LogP contribution < -0.4 is 5.73 Å². The van der Waals surface area contributed by atoms with Crippen LogP contribution in [0.4, 0.5) is 0 Å². The molecule has 0 aromatic heterocycles. The number of rotatable bonds is 2. The van der Waals surface area contributed by atoms with Gasteiger partial charge in [0, 0.05) is 0 Å². The SMILES string of the molecule is NC=NCC=O.